The van der Waals surface area contributed by atoms with Gasteiger partial charge < -0.3 is 30.9 Å². The number of anilines is 1. The van der Waals surface area contributed by atoms with Crippen LogP contribution in [0.5, 0.6) is 0 Å². The first-order chi connectivity index (χ1) is 28.7. The van der Waals surface area contributed by atoms with Gasteiger partial charge in [0.2, 0.25) is 11.8 Å². The first kappa shape index (κ1) is 43.9. The van der Waals surface area contributed by atoms with Gasteiger partial charge in [0.15, 0.2) is 5.82 Å². The molecule has 4 amide bonds. The molecule has 2 aliphatic rings. The van der Waals surface area contributed by atoms with E-state index in [-0.39, 0.29) is 42.0 Å². The molecule has 0 unspecified atom stereocenters. The van der Waals surface area contributed by atoms with Crippen molar-refractivity contribution < 1.29 is 23.9 Å². The van der Waals surface area contributed by atoms with E-state index in [0.29, 0.717) is 42.5 Å². The molecule has 2 aliphatic carbocycles. The van der Waals surface area contributed by atoms with Crippen LogP contribution in [0.1, 0.15) is 101 Å². The molecule has 0 bridgehead atoms. The van der Waals surface area contributed by atoms with Crippen molar-refractivity contribution in [1.82, 2.24) is 41.5 Å². The number of carbonyl (C=O) groups excluding carboxylic acids is 4. The van der Waals surface area contributed by atoms with Crippen molar-refractivity contribution in [3.8, 4) is 22.5 Å². The van der Waals surface area contributed by atoms with Gasteiger partial charge in [0.05, 0.1) is 0 Å². The largest absolute Gasteiger partial charge is 0.444 e. The summed E-state index contributed by atoms with van der Waals surface area (Å²) in [5.41, 5.74) is 5.31. The summed E-state index contributed by atoms with van der Waals surface area (Å²) < 4.78 is 5.37. The van der Waals surface area contributed by atoms with Crippen molar-refractivity contribution in [3.63, 3.8) is 0 Å². The highest BCUT2D eigenvalue weighted by molar-refractivity contribution is 5.98. The minimum Gasteiger partial charge on any atom is -0.444 e. The Morgan fingerprint density at radius 1 is 0.883 bits per heavy atom. The fourth-order valence-corrected chi connectivity index (χ4v) is 8.26. The Morgan fingerprint density at radius 2 is 1.57 bits per heavy atom. The second-order valence-corrected chi connectivity index (χ2v) is 17.5. The summed E-state index contributed by atoms with van der Waals surface area (Å²) in [5, 5.41) is 26.1. The zero-order valence-corrected chi connectivity index (χ0v) is 35.8. The molecular formula is C46H61N9O5. The molecule has 0 radical (unpaired) electrons. The number of benzene rings is 3. The minimum atomic E-state index is -0.838. The molecule has 2 saturated carbocycles. The zero-order valence-electron chi connectivity index (χ0n) is 35.8. The number of tetrazole rings is 1. The number of aromatic nitrogens is 4. The Bertz CT molecular complexity index is 2050. The molecule has 14 nitrogen and oxygen atoms in total. The van der Waals surface area contributed by atoms with Crippen molar-refractivity contribution >= 4 is 29.5 Å². The highest BCUT2D eigenvalue weighted by Crippen LogP contribution is 2.30. The SMILES string of the molecule is CCN(C)C1CCC(NC(=O)c2ccc(-c3ccc(C[C@H](NC(=O)[C@H]4CC[C@H](CNC(=O)OC(C)(C)C)CC4)C(=O)Nc4ccc(-c5nnn[nH]5)cc4)cc3)c(C)c2)CC1. The lowest BCUT2D eigenvalue weighted by atomic mass is 9.81. The number of aryl methyl sites for hydroxylation is 1. The van der Waals surface area contributed by atoms with Gasteiger partial charge in [-0.3, -0.25) is 14.4 Å². The van der Waals surface area contributed by atoms with E-state index in [1.165, 1.54) is 0 Å². The number of hydrogen-bond donors (Lipinski definition) is 5. The molecule has 5 N–H and O–H groups in total. The third kappa shape index (κ3) is 12.2. The van der Waals surface area contributed by atoms with Crippen LogP contribution in [0.2, 0.25) is 0 Å². The van der Waals surface area contributed by atoms with Crippen LogP contribution >= 0.6 is 0 Å². The standard InChI is InChI=1S/C46H61N9O5/c1-7-55(6)38-23-21-37(22-24-38)48-43(57)35-18-25-39(29(2)26-35)32-12-8-30(9-13-32)27-40(44(58)49-36-19-16-33(17-20-36)41-51-53-54-52-41)50-42(56)34-14-10-31(11-15-34)28-47-45(59)60-46(3,4)5/h8-9,12-13,16-20,25-26,31,34,37-38,40H,7,10-11,14-15,21-24,27-28H2,1-6H3,(H,47,59)(H,48,57)(H,49,58)(H,50,56)(H,51,52,53,54)/t31-,34-,37?,38?,40-/m0/s1. The maximum atomic E-state index is 13.9. The second-order valence-electron chi connectivity index (χ2n) is 17.5. The molecule has 320 valence electrons. The highest BCUT2D eigenvalue weighted by atomic mass is 16.6. The van der Waals surface area contributed by atoms with Crippen molar-refractivity contribution in [1.29, 1.82) is 0 Å². The van der Waals surface area contributed by atoms with Crippen LogP contribution in [-0.2, 0) is 20.7 Å². The molecule has 0 aliphatic heterocycles. The number of carbonyl (C=O) groups is 4. The number of alkyl carbamates (subject to hydrolysis) is 1. The second kappa shape index (κ2) is 20.1. The molecule has 14 heteroatoms. The molecule has 4 aromatic rings. The van der Waals surface area contributed by atoms with Crippen LogP contribution in [0.15, 0.2) is 66.7 Å². The Balaban J connectivity index is 1.08. The van der Waals surface area contributed by atoms with E-state index in [1.807, 2.05) is 70.2 Å². The van der Waals surface area contributed by atoms with E-state index >= 15 is 0 Å². The summed E-state index contributed by atoms with van der Waals surface area (Å²) in [7, 11) is 2.17. The number of amides is 4. The van der Waals surface area contributed by atoms with Gasteiger partial charge in [-0.15, -0.1) is 5.10 Å². The van der Waals surface area contributed by atoms with Crippen LogP contribution in [0.4, 0.5) is 10.5 Å². The third-order valence-corrected chi connectivity index (χ3v) is 11.9. The lowest BCUT2D eigenvalue weighted by Crippen LogP contribution is -2.48. The molecule has 3 aromatic carbocycles. The molecule has 60 heavy (non-hydrogen) atoms. The summed E-state index contributed by atoms with van der Waals surface area (Å²) in [4.78, 5) is 55.4. The number of aromatic amines is 1. The number of ether oxygens (including phenoxy) is 1. The van der Waals surface area contributed by atoms with E-state index in [1.54, 1.807) is 24.3 Å². The molecule has 6 rings (SSSR count). The first-order valence-corrected chi connectivity index (χ1v) is 21.4. The van der Waals surface area contributed by atoms with E-state index in [9.17, 15) is 19.2 Å². The first-order valence-electron chi connectivity index (χ1n) is 21.4. The predicted octanol–water partition coefficient (Wildman–Crippen LogP) is 6.83. The van der Waals surface area contributed by atoms with Gasteiger partial charge in [-0.2, -0.15) is 0 Å². The maximum Gasteiger partial charge on any atom is 0.407 e. The van der Waals surface area contributed by atoms with Crippen molar-refractivity contribution in [2.75, 3.05) is 25.5 Å². The minimum absolute atomic E-state index is 0.0371. The van der Waals surface area contributed by atoms with Gasteiger partial charge in [-0.05, 0) is 168 Å². The van der Waals surface area contributed by atoms with Crippen LogP contribution < -0.4 is 21.3 Å². The predicted molar refractivity (Wildman–Crippen MR) is 232 cm³/mol. The fraction of sp³-hybridized carbons (Fsp3) is 0.500. The van der Waals surface area contributed by atoms with Crippen LogP contribution in [-0.4, -0.2) is 93.2 Å². The number of nitrogens with zero attached hydrogens (tertiary/aromatic N) is 4. The van der Waals surface area contributed by atoms with E-state index in [4.69, 9.17) is 4.74 Å². The quantitative estimate of drug-likeness (QED) is 0.0911. The monoisotopic (exact) mass is 819 g/mol. The Kier molecular flexibility index (Phi) is 14.7. The van der Waals surface area contributed by atoms with E-state index in [2.05, 4.69) is 60.8 Å². The number of hydrogen-bond acceptors (Lipinski definition) is 9. The lowest BCUT2D eigenvalue weighted by Gasteiger charge is -2.34. The molecule has 0 spiro atoms. The fourth-order valence-electron chi connectivity index (χ4n) is 8.26. The van der Waals surface area contributed by atoms with E-state index in [0.717, 1.165) is 72.9 Å². The number of H-pyrrole nitrogens is 1. The topological polar surface area (TPSA) is 183 Å². The summed E-state index contributed by atoms with van der Waals surface area (Å²) in [6, 6.07) is 20.9. The van der Waals surface area contributed by atoms with Crippen molar-refractivity contribution in [3.05, 3.63) is 83.4 Å². The van der Waals surface area contributed by atoms with Gasteiger partial charge >= 0.3 is 6.09 Å². The summed E-state index contributed by atoms with van der Waals surface area (Å²) in [6.07, 6.45) is 6.89. The Morgan fingerprint density at radius 3 is 2.18 bits per heavy atom. The van der Waals surface area contributed by atoms with Crippen LogP contribution in [0.25, 0.3) is 22.5 Å². The molecule has 1 aromatic heterocycles. The van der Waals surface area contributed by atoms with Crippen LogP contribution in [0.3, 0.4) is 0 Å². The Labute approximate surface area is 353 Å². The molecule has 2 fully saturated rings. The maximum absolute atomic E-state index is 13.9. The summed E-state index contributed by atoms with van der Waals surface area (Å²) in [6.45, 7) is 11.2. The molecule has 1 heterocycles. The molecular weight excluding hydrogens is 759 g/mol. The third-order valence-electron chi connectivity index (χ3n) is 11.9. The Hall–Kier alpha value is -5.63. The molecule has 0 saturated heterocycles. The van der Waals surface area contributed by atoms with Crippen molar-refractivity contribution in [2.45, 2.75) is 116 Å². The zero-order chi connectivity index (χ0) is 42.8. The normalized spacial score (nSPS) is 19.9. The summed E-state index contributed by atoms with van der Waals surface area (Å²) >= 11 is 0. The van der Waals surface area contributed by atoms with Gasteiger partial charge in [-0.25, -0.2) is 9.89 Å². The summed E-state index contributed by atoms with van der Waals surface area (Å²) in [5.74, 6) is -0.0133. The average molecular weight is 820 g/mol. The van der Waals surface area contributed by atoms with Gasteiger partial charge in [0, 0.05) is 47.8 Å². The highest BCUT2D eigenvalue weighted by Gasteiger charge is 2.31. The van der Waals surface area contributed by atoms with Gasteiger partial charge in [0.25, 0.3) is 5.91 Å². The molecule has 1 atom stereocenters. The lowest BCUT2D eigenvalue weighted by molar-refractivity contribution is -0.130. The van der Waals surface area contributed by atoms with Crippen molar-refractivity contribution in [2.24, 2.45) is 11.8 Å². The number of rotatable bonds is 14. The van der Waals surface area contributed by atoms with Crippen LogP contribution in [0, 0.1) is 18.8 Å². The number of nitrogens with one attached hydrogen (secondary N) is 5. The van der Waals surface area contributed by atoms with Gasteiger partial charge in [-0.1, -0.05) is 37.3 Å². The smallest absolute Gasteiger partial charge is 0.407 e. The van der Waals surface area contributed by atoms with Gasteiger partial charge in [0.1, 0.15) is 11.6 Å². The average Bonchev–Trinajstić information content (AvgIpc) is 3.78. The van der Waals surface area contributed by atoms with E-state index < -0.39 is 17.7 Å².